The second-order valence-corrected chi connectivity index (χ2v) is 6.55. The number of methoxy groups -OCH3 is 3. The molecule has 0 aliphatic heterocycles. The van der Waals surface area contributed by atoms with Crippen LogP contribution in [0.1, 0.15) is 11.1 Å². The van der Waals surface area contributed by atoms with Crippen LogP contribution in [-0.2, 0) is 27.3 Å². The number of amides is 1. The number of carbonyl (C=O) groups is 2. The van der Waals surface area contributed by atoms with Crippen LogP contribution in [0.15, 0.2) is 48.7 Å². The summed E-state index contributed by atoms with van der Waals surface area (Å²) in [6, 6.07) is 12.0. The molecule has 1 amide bonds. The molecule has 0 radical (unpaired) electrons. The van der Waals surface area contributed by atoms with Crippen LogP contribution in [-0.4, -0.2) is 44.4 Å². The Bertz CT molecular complexity index is 1020. The Morgan fingerprint density at radius 3 is 2.40 bits per heavy atom. The molecule has 0 spiro atoms. The lowest BCUT2D eigenvalue weighted by Crippen LogP contribution is -2.43. The first-order valence-corrected chi connectivity index (χ1v) is 9.32. The molecule has 1 atom stereocenters. The quantitative estimate of drug-likeness (QED) is 0.552. The Morgan fingerprint density at radius 1 is 1.03 bits per heavy atom. The van der Waals surface area contributed by atoms with E-state index in [4.69, 9.17) is 18.9 Å². The molecule has 0 aliphatic carbocycles. The molecule has 1 heterocycles. The molecule has 30 heavy (non-hydrogen) atoms. The number of benzene rings is 2. The van der Waals surface area contributed by atoms with E-state index in [1.165, 1.54) is 7.11 Å². The van der Waals surface area contributed by atoms with Crippen LogP contribution in [0, 0.1) is 0 Å². The SMILES string of the molecule is COC(=O)[C@H](Cc1c[nH]c2cc(OC)c(OC)cc12)NC(=O)OCc1ccccc1. The second-order valence-electron chi connectivity index (χ2n) is 6.55. The van der Waals surface area contributed by atoms with Crippen molar-refractivity contribution < 1.29 is 28.5 Å². The number of H-pyrrole nitrogens is 1. The lowest BCUT2D eigenvalue weighted by Gasteiger charge is -2.16. The maximum Gasteiger partial charge on any atom is 0.408 e. The Labute approximate surface area is 174 Å². The van der Waals surface area contributed by atoms with Crippen LogP contribution in [0.3, 0.4) is 0 Å². The molecule has 0 aliphatic rings. The monoisotopic (exact) mass is 412 g/mol. The highest BCUT2D eigenvalue weighted by Crippen LogP contribution is 2.33. The number of carbonyl (C=O) groups excluding carboxylic acids is 2. The van der Waals surface area contributed by atoms with Crippen LogP contribution >= 0.6 is 0 Å². The zero-order valence-electron chi connectivity index (χ0n) is 17.1. The number of ether oxygens (including phenoxy) is 4. The highest BCUT2D eigenvalue weighted by atomic mass is 16.6. The van der Waals surface area contributed by atoms with E-state index in [1.54, 1.807) is 20.4 Å². The van der Waals surface area contributed by atoms with Gasteiger partial charge in [-0.3, -0.25) is 0 Å². The highest BCUT2D eigenvalue weighted by molar-refractivity contribution is 5.88. The molecule has 8 nitrogen and oxygen atoms in total. The zero-order chi connectivity index (χ0) is 21.5. The number of aromatic nitrogens is 1. The fourth-order valence-electron chi connectivity index (χ4n) is 3.14. The van der Waals surface area contributed by atoms with E-state index < -0.39 is 18.1 Å². The van der Waals surface area contributed by atoms with Gasteiger partial charge in [0.1, 0.15) is 12.6 Å². The molecule has 0 bridgehead atoms. The lowest BCUT2D eigenvalue weighted by molar-refractivity contribution is -0.142. The molecule has 8 heteroatoms. The van der Waals surface area contributed by atoms with E-state index in [-0.39, 0.29) is 13.0 Å². The summed E-state index contributed by atoms with van der Waals surface area (Å²) in [5, 5.41) is 3.43. The summed E-state index contributed by atoms with van der Waals surface area (Å²) >= 11 is 0. The van der Waals surface area contributed by atoms with Gasteiger partial charge in [0.25, 0.3) is 0 Å². The maximum absolute atomic E-state index is 12.3. The first kappa shape index (κ1) is 21.0. The highest BCUT2D eigenvalue weighted by Gasteiger charge is 2.24. The van der Waals surface area contributed by atoms with Crippen molar-refractivity contribution >= 4 is 23.0 Å². The minimum atomic E-state index is -0.912. The van der Waals surface area contributed by atoms with E-state index >= 15 is 0 Å². The Hall–Kier alpha value is -3.68. The third kappa shape index (κ3) is 4.83. The number of fused-ring (bicyclic) bond motifs is 1. The summed E-state index contributed by atoms with van der Waals surface area (Å²) in [7, 11) is 4.39. The molecule has 2 N–H and O–H groups in total. The molecule has 0 saturated carbocycles. The average Bonchev–Trinajstić information content (AvgIpc) is 3.17. The van der Waals surface area contributed by atoms with E-state index in [2.05, 4.69) is 10.3 Å². The second kappa shape index (κ2) is 9.69. The topological polar surface area (TPSA) is 98.9 Å². The normalized spacial score (nSPS) is 11.6. The van der Waals surface area contributed by atoms with Crippen molar-refractivity contribution in [1.29, 1.82) is 0 Å². The fraction of sp³-hybridized carbons (Fsp3) is 0.273. The van der Waals surface area contributed by atoms with Crippen molar-refractivity contribution in [3.05, 3.63) is 59.8 Å². The van der Waals surface area contributed by atoms with Gasteiger partial charge < -0.3 is 29.2 Å². The third-order valence-corrected chi connectivity index (χ3v) is 4.69. The van der Waals surface area contributed by atoms with Gasteiger partial charge >= 0.3 is 12.1 Å². The van der Waals surface area contributed by atoms with Crippen molar-refractivity contribution in [2.75, 3.05) is 21.3 Å². The average molecular weight is 412 g/mol. The van der Waals surface area contributed by atoms with Gasteiger partial charge in [-0.2, -0.15) is 0 Å². The molecule has 1 aromatic heterocycles. The number of esters is 1. The predicted octanol–water partition coefficient (Wildman–Crippen LogP) is 3.20. The van der Waals surface area contributed by atoms with Crippen molar-refractivity contribution in [3.8, 4) is 11.5 Å². The van der Waals surface area contributed by atoms with Crippen LogP contribution in [0.25, 0.3) is 10.9 Å². The number of hydrogen-bond acceptors (Lipinski definition) is 6. The maximum atomic E-state index is 12.3. The van der Waals surface area contributed by atoms with Crippen LogP contribution in [0.2, 0.25) is 0 Å². The van der Waals surface area contributed by atoms with Gasteiger partial charge in [-0.05, 0) is 17.2 Å². The number of rotatable bonds is 8. The lowest BCUT2D eigenvalue weighted by atomic mass is 10.0. The molecule has 158 valence electrons. The standard InChI is InChI=1S/C22H24N2O6/c1-27-19-10-16-15(12-23-17(16)11-20(19)28-2)9-18(21(25)29-3)24-22(26)30-13-14-7-5-4-6-8-14/h4-8,10-12,18,23H,9,13H2,1-3H3,(H,24,26)/t18-/m0/s1. The Morgan fingerprint density at radius 2 is 1.73 bits per heavy atom. The minimum Gasteiger partial charge on any atom is -0.493 e. The minimum absolute atomic E-state index is 0.102. The van der Waals surface area contributed by atoms with Crippen molar-refractivity contribution in [2.24, 2.45) is 0 Å². The van der Waals surface area contributed by atoms with Gasteiger partial charge in [0.2, 0.25) is 0 Å². The molecule has 0 unspecified atom stereocenters. The Kier molecular flexibility index (Phi) is 6.79. The third-order valence-electron chi connectivity index (χ3n) is 4.69. The van der Waals surface area contributed by atoms with Gasteiger partial charge in [0.05, 0.1) is 21.3 Å². The first-order chi connectivity index (χ1) is 14.5. The molecular weight excluding hydrogens is 388 g/mol. The van der Waals surface area contributed by atoms with Crippen molar-refractivity contribution in [2.45, 2.75) is 19.1 Å². The van der Waals surface area contributed by atoms with Crippen molar-refractivity contribution in [1.82, 2.24) is 10.3 Å². The van der Waals surface area contributed by atoms with Crippen LogP contribution < -0.4 is 14.8 Å². The summed E-state index contributed by atoms with van der Waals surface area (Å²) < 4.78 is 20.8. The van der Waals surface area contributed by atoms with E-state index in [1.807, 2.05) is 42.5 Å². The number of aromatic amines is 1. The molecule has 0 fully saturated rings. The number of nitrogens with one attached hydrogen (secondary N) is 2. The molecule has 3 rings (SSSR count). The van der Waals surface area contributed by atoms with Gasteiger partial charge in [-0.15, -0.1) is 0 Å². The number of hydrogen-bond donors (Lipinski definition) is 2. The predicted molar refractivity (Wildman–Crippen MR) is 111 cm³/mol. The summed E-state index contributed by atoms with van der Waals surface area (Å²) in [6.45, 7) is 0.102. The van der Waals surface area contributed by atoms with Crippen molar-refractivity contribution in [3.63, 3.8) is 0 Å². The summed E-state index contributed by atoms with van der Waals surface area (Å²) in [5.41, 5.74) is 2.47. The Balaban J connectivity index is 1.74. The molecular formula is C22H24N2O6. The van der Waals surface area contributed by atoms with E-state index in [0.29, 0.717) is 11.5 Å². The van der Waals surface area contributed by atoms with E-state index in [0.717, 1.165) is 22.0 Å². The molecule has 3 aromatic rings. The van der Waals surface area contributed by atoms with Gasteiger partial charge in [-0.25, -0.2) is 9.59 Å². The smallest absolute Gasteiger partial charge is 0.408 e. The van der Waals surface area contributed by atoms with Gasteiger partial charge in [0, 0.05) is 29.6 Å². The first-order valence-electron chi connectivity index (χ1n) is 9.32. The van der Waals surface area contributed by atoms with Gasteiger partial charge in [0.15, 0.2) is 11.5 Å². The summed E-state index contributed by atoms with van der Waals surface area (Å²) in [4.78, 5) is 27.6. The fourth-order valence-corrected chi connectivity index (χ4v) is 3.14. The van der Waals surface area contributed by atoms with Crippen LogP contribution in [0.4, 0.5) is 4.79 Å². The zero-order valence-corrected chi connectivity index (χ0v) is 17.1. The largest absolute Gasteiger partial charge is 0.493 e. The van der Waals surface area contributed by atoms with Gasteiger partial charge in [-0.1, -0.05) is 30.3 Å². The molecule has 2 aromatic carbocycles. The summed E-state index contributed by atoms with van der Waals surface area (Å²) in [5.74, 6) is 0.586. The van der Waals surface area contributed by atoms with Crippen LogP contribution in [0.5, 0.6) is 11.5 Å². The van der Waals surface area contributed by atoms with E-state index in [9.17, 15) is 9.59 Å². The molecule has 0 saturated heterocycles. The summed E-state index contributed by atoms with van der Waals surface area (Å²) in [6.07, 6.45) is 1.28. The number of alkyl carbamates (subject to hydrolysis) is 1.